The van der Waals surface area contributed by atoms with Gasteiger partial charge in [-0.1, -0.05) is 78.5 Å². The van der Waals surface area contributed by atoms with Crippen molar-refractivity contribution in [2.45, 2.75) is 5.16 Å². The quantitative estimate of drug-likeness (QED) is 0.361. The summed E-state index contributed by atoms with van der Waals surface area (Å²) in [4.78, 5) is 34.2. The highest BCUT2D eigenvalue weighted by molar-refractivity contribution is 7.99. The zero-order valence-corrected chi connectivity index (χ0v) is 16.9. The van der Waals surface area contributed by atoms with Crippen LogP contribution in [0.2, 0.25) is 0 Å². The highest BCUT2D eigenvalue weighted by atomic mass is 32.2. The maximum Gasteiger partial charge on any atom is 0.252 e. The zero-order chi connectivity index (χ0) is 20.8. The van der Waals surface area contributed by atoms with Crippen LogP contribution in [-0.4, -0.2) is 21.6 Å². The number of rotatable bonds is 6. The van der Waals surface area contributed by atoms with E-state index in [2.05, 4.69) is 9.97 Å². The van der Waals surface area contributed by atoms with Gasteiger partial charge in [0.25, 0.3) is 5.56 Å². The van der Waals surface area contributed by atoms with Crippen molar-refractivity contribution in [3.8, 4) is 11.3 Å². The number of para-hydroxylation sites is 2. The van der Waals surface area contributed by atoms with Crippen LogP contribution in [0.1, 0.15) is 0 Å². The molecule has 4 rings (SSSR count). The smallest absolute Gasteiger partial charge is 0.252 e. The second kappa shape index (κ2) is 9.24. The van der Waals surface area contributed by atoms with Gasteiger partial charge in [-0.2, -0.15) is 0 Å². The summed E-state index contributed by atoms with van der Waals surface area (Å²) in [6.45, 7) is 0. The molecule has 0 fully saturated rings. The standard InChI is InChI=1S/C24H19N3O2S/c28-22-16-21(18-10-4-1-5-11-18)25-24(26-22)30-17-23(29)27(19-12-6-2-7-13-19)20-14-8-3-9-15-20/h1-16H,17H2,(H,25,26,28). The molecule has 0 spiro atoms. The molecule has 1 amide bonds. The van der Waals surface area contributed by atoms with Gasteiger partial charge in [-0.05, 0) is 24.3 Å². The lowest BCUT2D eigenvalue weighted by Gasteiger charge is -2.22. The maximum absolute atomic E-state index is 13.1. The number of hydrogen-bond acceptors (Lipinski definition) is 4. The summed E-state index contributed by atoms with van der Waals surface area (Å²) in [6, 6.07) is 29.9. The molecule has 6 heteroatoms. The summed E-state index contributed by atoms with van der Waals surface area (Å²) in [5, 5.41) is 0.413. The van der Waals surface area contributed by atoms with Gasteiger partial charge in [0, 0.05) is 23.0 Å². The molecule has 0 bridgehead atoms. The maximum atomic E-state index is 13.1. The van der Waals surface area contributed by atoms with Gasteiger partial charge in [0.15, 0.2) is 5.16 Å². The highest BCUT2D eigenvalue weighted by Crippen LogP contribution is 2.27. The molecule has 4 aromatic rings. The first-order valence-corrected chi connectivity index (χ1v) is 10.4. The van der Waals surface area contributed by atoms with Crippen LogP contribution in [0.25, 0.3) is 11.3 Å². The van der Waals surface area contributed by atoms with E-state index in [9.17, 15) is 9.59 Å². The van der Waals surface area contributed by atoms with Gasteiger partial charge in [-0.15, -0.1) is 0 Å². The van der Waals surface area contributed by atoms with Crippen LogP contribution in [0.3, 0.4) is 0 Å². The number of nitrogens with zero attached hydrogens (tertiary/aromatic N) is 2. The van der Waals surface area contributed by atoms with Crippen molar-refractivity contribution in [2.24, 2.45) is 0 Å². The molecule has 0 aliphatic carbocycles. The number of anilines is 2. The molecule has 5 nitrogen and oxygen atoms in total. The fourth-order valence-corrected chi connectivity index (χ4v) is 3.77. The first kappa shape index (κ1) is 19.7. The molecule has 3 aromatic carbocycles. The van der Waals surface area contributed by atoms with Crippen LogP contribution < -0.4 is 10.5 Å². The number of carbonyl (C=O) groups is 1. The Hall–Kier alpha value is -3.64. The molecule has 0 saturated carbocycles. The second-order valence-corrected chi connectivity index (χ2v) is 7.45. The summed E-state index contributed by atoms with van der Waals surface area (Å²) >= 11 is 1.21. The van der Waals surface area contributed by atoms with E-state index < -0.39 is 0 Å². The van der Waals surface area contributed by atoms with E-state index in [4.69, 9.17) is 0 Å². The van der Waals surface area contributed by atoms with Crippen molar-refractivity contribution in [1.82, 2.24) is 9.97 Å². The Morgan fingerprint density at radius 3 is 1.93 bits per heavy atom. The monoisotopic (exact) mass is 413 g/mol. The average molecular weight is 414 g/mol. The van der Waals surface area contributed by atoms with Gasteiger partial charge in [-0.25, -0.2) is 4.98 Å². The Kier molecular flexibility index (Phi) is 6.06. The van der Waals surface area contributed by atoms with Crippen LogP contribution in [0.5, 0.6) is 0 Å². The molecule has 1 aromatic heterocycles. The van der Waals surface area contributed by atoms with Crippen LogP contribution in [0, 0.1) is 0 Å². The SMILES string of the molecule is O=C(CSc1nc(-c2ccccc2)cc(=O)[nH]1)N(c1ccccc1)c1ccccc1. The first-order valence-electron chi connectivity index (χ1n) is 9.43. The molecule has 0 radical (unpaired) electrons. The van der Waals surface area contributed by atoms with E-state index in [1.807, 2.05) is 91.0 Å². The normalized spacial score (nSPS) is 10.5. The van der Waals surface area contributed by atoms with Gasteiger partial charge < -0.3 is 4.98 Å². The van der Waals surface area contributed by atoms with Gasteiger partial charge >= 0.3 is 0 Å². The van der Waals surface area contributed by atoms with Crippen molar-refractivity contribution in [3.05, 3.63) is 107 Å². The van der Waals surface area contributed by atoms with E-state index in [1.165, 1.54) is 17.8 Å². The van der Waals surface area contributed by atoms with Crippen molar-refractivity contribution in [1.29, 1.82) is 0 Å². The van der Waals surface area contributed by atoms with Crippen LogP contribution >= 0.6 is 11.8 Å². The average Bonchev–Trinajstić information content (AvgIpc) is 2.80. The van der Waals surface area contributed by atoms with Gasteiger partial charge in [-0.3, -0.25) is 14.5 Å². The molecular formula is C24H19N3O2S. The summed E-state index contributed by atoms with van der Waals surface area (Å²) in [5.74, 6) is 0.0236. The second-order valence-electron chi connectivity index (χ2n) is 6.49. The van der Waals surface area contributed by atoms with E-state index >= 15 is 0 Å². The Morgan fingerprint density at radius 1 is 0.833 bits per heavy atom. The predicted molar refractivity (Wildman–Crippen MR) is 121 cm³/mol. The summed E-state index contributed by atoms with van der Waals surface area (Å²) < 4.78 is 0. The number of aromatic nitrogens is 2. The third kappa shape index (κ3) is 4.67. The first-order chi connectivity index (χ1) is 14.7. The number of benzene rings is 3. The number of hydrogen-bond donors (Lipinski definition) is 1. The Morgan fingerprint density at radius 2 is 1.37 bits per heavy atom. The van der Waals surface area contributed by atoms with Crippen molar-refractivity contribution < 1.29 is 4.79 Å². The molecule has 0 saturated heterocycles. The number of carbonyl (C=O) groups excluding carboxylic acids is 1. The largest absolute Gasteiger partial charge is 0.301 e. The molecule has 0 aliphatic heterocycles. The minimum Gasteiger partial charge on any atom is -0.301 e. The lowest BCUT2D eigenvalue weighted by Crippen LogP contribution is -2.27. The minimum atomic E-state index is -0.248. The van der Waals surface area contributed by atoms with Gasteiger partial charge in [0.05, 0.1) is 11.4 Å². The fraction of sp³-hybridized carbons (Fsp3) is 0.0417. The third-order valence-electron chi connectivity index (χ3n) is 4.40. The van der Waals surface area contributed by atoms with Crippen LogP contribution in [0.15, 0.2) is 107 Å². The van der Waals surface area contributed by atoms with E-state index in [0.717, 1.165) is 16.9 Å². The van der Waals surface area contributed by atoms with Crippen LogP contribution in [0.4, 0.5) is 11.4 Å². The van der Waals surface area contributed by atoms with Gasteiger partial charge in [0.1, 0.15) is 0 Å². The lowest BCUT2D eigenvalue weighted by molar-refractivity contribution is -0.115. The number of H-pyrrole nitrogens is 1. The Bertz CT molecular complexity index is 1140. The molecule has 148 valence electrons. The number of thioether (sulfide) groups is 1. The Balaban J connectivity index is 1.57. The van der Waals surface area contributed by atoms with Gasteiger partial charge in [0.2, 0.25) is 5.91 Å². The molecular weight excluding hydrogens is 394 g/mol. The highest BCUT2D eigenvalue weighted by Gasteiger charge is 2.18. The van der Waals surface area contributed by atoms with E-state index in [-0.39, 0.29) is 17.2 Å². The predicted octanol–water partition coefficient (Wildman–Crippen LogP) is 4.89. The molecule has 0 aliphatic rings. The van der Waals surface area contributed by atoms with Crippen molar-refractivity contribution in [2.75, 3.05) is 10.7 Å². The topological polar surface area (TPSA) is 66.1 Å². The summed E-state index contributed by atoms with van der Waals surface area (Å²) in [5.41, 5.74) is 2.76. The summed E-state index contributed by atoms with van der Waals surface area (Å²) in [6.07, 6.45) is 0. The fourth-order valence-electron chi connectivity index (χ4n) is 3.05. The molecule has 30 heavy (non-hydrogen) atoms. The van der Waals surface area contributed by atoms with E-state index in [0.29, 0.717) is 10.9 Å². The van der Waals surface area contributed by atoms with Crippen molar-refractivity contribution in [3.63, 3.8) is 0 Å². The Labute approximate surface area is 178 Å². The van der Waals surface area contributed by atoms with Crippen molar-refractivity contribution >= 4 is 29.0 Å². The molecule has 0 atom stereocenters. The number of aromatic amines is 1. The van der Waals surface area contributed by atoms with Crippen LogP contribution in [-0.2, 0) is 4.79 Å². The molecule has 1 N–H and O–H groups in total. The zero-order valence-electron chi connectivity index (χ0n) is 16.1. The third-order valence-corrected chi connectivity index (χ3v) is 5.26. The minimum absolute atomic E-state index is 0.106. The van der Waals surface area contributed by atoms with E-state index in [1.54, 1.807) is 4.90 Å². The summed E-state index contributed by atoms with van der Waals surface area (Å²) in [7, 11) is 0. The number of nitrogens with one attached hydrogen (secondary N) is 1. The molecule has 0 unspecified atom stereocenters. The molecule has 1 heterocycles. The number of amides is 1. The lowest BCUT2D eigenvalue weighted by atomic mass is 10.1.